The first-order chi connectivity index (χ1) is 14.7. The summed E-state index contributed by atoms with van der Waals surface area (Å²) in [5, 5.41) is 4.25. The highest BCUT2D eigenvalue weighted by Crippen LogP contribution is 2.48. The molecule has 0 fully saturated rings. The van der Waals surface area contributed by atoms with Crippen molar-refractivity contribution in [3.05, 3.63) is 54.9 Å². The van der Waals surface area contributed by atoms with E-state index in [-0.39, 0.29) is 0 Å². The summed E-state index contributed by atoms with van der Waals surface area (Å²) in [5.41, 5.74) is 2.97. The molecule has 0 aliphatic rings. The van der Waals surface area contributed by atoms with Crippen molar-refractivity contribution >= 4 is 6.29 Å². The van der Waals surface area contributed by atoms with Gasteiger partial charge in [-0.3, -0.25) is 4.79 Å². The molecule has 0 atom stereocenters. The van der Waals surface area contributed by atoms with E-state index in [4.69, 9.17) is 18.6 Å². The van der Waals surface area contributed by atoms with Gasteiger partial charge in [0.1, 0.15) is 18.9 Å². The van der Waals surface area contributed by atoms with Crippen LogP contribution in [0.15, 0.2) is 53.8 Å². The van der Waals surface area contributed by atoms with Gasteiger partial charge in [-0.15, -0.1) is 0 Å². The number of rotatable bonds is 7. The van der Waals surface area contributed by atoms with Gasteiger partial charge in [0.05, 0.1) is 33.2 Å². The second-order valence-corrected chi connectivity index (χ2v) is 6.14. The smallest absolute Gasteiger partial charge is 0.225 e. The minimum atomic E-state index is 0.365. The monoisotopic (exact) mass is 406 g/mol. The van der Waals surface area contributed by atoms with Crippen LogP contribution in [-0.2, 0) is 0 Å². The number of ether oxygens (including phenoxy) is 3. The standard InChI is InChI=1S/C21H18N4O5/c1-27-17-9-14(10-26)18(20(29-3)19(17)28-2)15-5-4-13(21-23-6-7-30-21)8-16(15)25-12-22-11-24-25/h4-12H,1-3H3. The van der Waals surface area contributed by atoms with E-state index in [9.17, 15) is 4.79 Å². The predicted octanol–water partition coefficient (Wildman–Crippen LogP) is 3.43. The Kier molecular flexibility index (Phi) is 5.17. The Morgan fingerprint density at radius 2 is 1.90 bits per heavy atom. The molecule has 0 aliphatic heterocycles. The lowest BCUT2D eigenvalue weighted by molar-refractivity contribution is 0.112. The average molecular weight is 406 g/mol. The first-order valence-corrected chi connectivity index (χ1v) is 8.89. The van der Waals surface area contributed by atoms with Crippen molar-refractivity contribution in [2.45, 2.75) is 0 Å². The number of carbonyl (C=O) groups is 1. The zero-order chi connectivity index (χ0) is 21.1. The summed E-state index contributed by atoms with van der Waals surface area (Å²) in [6.45, 7) is 0. The second kappa shape index (κ2) is 8.08. The number of carbonyl (C=O) groups excluding carboxylic acids is 1. The molecular formula is C21H18N4O5. The van der Waals surface area contributed by atoms with E-state index < -0.39 is 0 Å². The molecule has 0 bridgehead atoms. The minimum absolute atomic E-state index is 0.365. The van der Waals surface area contributed by atoms with Crippen molar-refractivity contribution in [3.8, 4) is 45.5 Å². The summed E-state index contributed by atoms with van der Waals surface area (Å²) in [7, 11) is 4.51. The maximum Gasteiger partial charge on any atom is 0.225 e. The van der Waals surface area contributed by atoms with Gasteiger partial charge in [-0.1, -0.05) is 6.07 Å². The number of hydrogen-bond acceptors (Lipinski definition) is 8. The Hall–Kier alpha value is -4.14. The van der Waals surface area contributed by atoms with Gasteiger partial charge in [0.15, 0.2) is 17.8 Å². The van der Waals surface area contributed by atoms with E-state index >= 15 is 0 Å². The summed E-state index contributed by atoms with van der Waals surface area (Å²) >= 11 is 0. The third-order valence-electron chi connectivity index (χ3n) is 4.60. The summed E-state index contributed by atoms with van der Waals surface area (Å²) in [5.74, 6) is 1.59. The lowest BCUT2D eigenvalue weighted by Crippen LogP contribution is -2.04. The second-order valence-electron chi connectivity index (χ2n) is 6.14. The molecule has 0 saturated heterocycles. The fourth-order valence-corrected chi connectivity index (χ4v) is 3.31. The molecule has 0 saturated carbocycles. The molecule has 9 heteroatoms. The largest absolute Gasteiger partial charge is 0.493 e. The van der Waals surface area contributed by atoms with Crippen molar-refractivity contribution in [3.63, 3.8) is 0 Å². The van der Waals surface area contributed by atoms with Crippen LogP contribution in [0, 0.1) is 0 Å². The number of methoxy groups -OCH3 is 3. The van der Waals surface area contributed by atoms with Crippen molar-refractivity contribution in [2.75, 3.05) is 21.3 Å². The molecule has 4 rings (SSSR count). The maximum absolute atomic E-state index is 12.0. The molecule has 0 N–H and O–H groups in total. The fraction of sp³-hybridized carbons (Fsp3) is 0.143. The predicted molar refractivity (Wildman–Crippen MR) is 107 cm³/mol. The number of aldehydes is 1. The fourth-order valence-electron chi connectivity index (χ4n) is 3.31. The number of benzene rings is 2. The number of aromatic nitrogens is 4. The third kappa shape index (κ3) is 3.16. The van der Waals surface area contributed by atoms with E-state index in [0.717, 1.165) is 11.8 Å². The van der Waals surface area contributed by atoms with Crippen molar-refractivity contribution in [1.29, 1.82) is 0 Å². The maximum atomic E-state index is 12.0. The van der Waals surface area contributed by atoms with E-state index in [0.29, 0.717) is 45.5 Å². The van der Waals surface area contributed by atoms with Crippen molar-refractivity contribution in [1.82, 2.24) is 19.7 Å². The zero-order valence-corrected chi connectivity index (χ0v) is 16.5. The quantitative estimate of drug-likeness (QED) is 0.430. The summed E-state index contributed by atoms with van der Waals surface area (Å²) < 4.78 is 23.5. The van der Waals surface area contributed by atoms with Crippen molar-refractivity contribution in [2.24, 2.45) is 0 Å². The molecular weight excluding hydrogens is 388 g/mol. The Bertz CT molecular complexity index is 1170. The van der Waals surface area contributed by atoms with Crippen LogP contribution in [0.4, 0.5) is 0 Å². The lowest BCUT2D eigenvalue weighted by Gasteiger charge is -2.20. The highest BCUT2D eigenvalue weighted by Gasteiger charge is 2.24. The molecule has 2 aromatic heterocycles. The molecule has 0 aliphatic carbocycles. The first-order valence-electron chi connectivity index (χ1n) is 8.89. The molecule has 9 nitrogen and oxygen atoms in total. The molecule has 0 unspecified atom stereocenters. The highest BCUT2D eigenvalue weighted by molar-refractivity contribution is 5.96. The average Bonchev–Trinajstić information content (AvgIpc) is 3.51. The molecule has 2 heterocycles. The van der Waals surface area contributed by atoms with E-state index in [1.165, 1.54) is 33.9 Å². The molecule has 0 amide bonds. The highest BCUT2D eigenvalue weighted by atomic mass is 16.5. The number of nitrogens with zero attached hydrogens (tertiary/aromatic N) is 4. The van der Waals surface area contributed by atoms with E-state index in [2.05, 4.69) is 15.1 Å². The molecule has 152 valence electrons. The lowest BCUT2D eigenvalue weighted by atomic mass is 9.95. The third-order valence-corrected chi connectivity index (χ3v) is 4.60. The van der Waals surface area contributed by atoms with Crippen LogP contribution >= 0.6 is 0 Å². The summed E-state index contributed by atoms with van der Waals surface area (Å²) in [4.78, 5) is 20.2. The van der Waals surface area contributed by atoms with Crippen LogP contribution in [0.3, 0.4) is 0 Å². The van der Waals surface area contributed by atoms with Gasteiger partial charge in [0.25, 0.3) is 0 Å². The zero-order valence-electron chi connectivity index (χ0n) is 16.5. The van der Waals surface area contributed by atoms with E-state index in [1.54, 1.807) is 23.3 Å². The molecule has 4 aromatic rings. The Morgan fingerprint density at radius 1 is 1.07 bits per heavy atom. The summed E-state index contributed by atoms with van der Waals surface area (Å²) in [6.07, 6.45) is 6.80. The molecule has 0 radical (unpaired) electrons. The van der Waals surface area contributed by atoms with Crippen LogP contribution < -0.4 is 14.2 Å². The molecule has 30 heavy (non-hydrogen) atoms. The Morgan fingerprint density at radius 3 is 2.50 bits per heavy atom. The summed E-state index contributed by atoms with van der Waals surface area (Å²) in [6, 6.07) is 7.14. The van der Waals surface area contributed by atoms with Crippen LogP contribution in [0.2, 0.25) is 0 Å². The first kappa shape index (κ1) is 19.2. The van der Waals surface area contributed by atoms with Crippen LogP contribution in [0.25, 0.3) is 28.3 Å². The number of hydrogen-bond donors (Lipinski definition) is 0. The Labute approximate surface area is 171 Å². The minimum Gasteiger partial charge on any atom is -0.493 e. The SMILES string of the molecule is COc1cc(C=O)c(-c2ccc(-c3ncco3)cc2-n2cncn2)c(OC)c1OC. The van der Waals surface area contributed by atoms with Crippen LogP contribution in [-0.4, -0.2) is 47.4 Å². The topological polar surface area (TPSA) is 102 Å². The van der Waals surface area contributed by atoms with Crippen molar-refractivity contribution < 1.29 is 23.4 Å². The van der Waals surface area contributed by atoms with Crippen LogP contribution in [0.1, 0.15) is 10.4 Å². The van der Waals surface area contributed by atoms with Gasteiger partial charge in [-0.25, -0.2) is 14.6 Å². The van der Waals surface area contributed by atoms with Gasteiger partial charge in [0, 0.05) is 22.3 Å². The van der Waals surface area contributed by atoms with Gasteiger partial charge >= 0.3 is 0 Å². The van der Waals surface area contributed by atoms with Gasteiger partial charge < -0.3 is 18.6 Å². The van der Waals surface area contributed by atoms with Gasteiger partial charge in [-0.2, -0.15) is 5.10 Å². The van der Waals surface area contributed by atoms with Crippen LogP contribution in [0.5, 0.6) is 17.2 Å². The normalized spacial score (nSPS) is 10.6. The molecule has 2 aromatic carbocycles. The molecule has 0 spiro atoms. The van der Waals surface area contributed by atoms with Gasteiger partial charge in [-0.05, 0) is 18.2 Å². The van der Waals surface area contributed by atoms with Gasteiger partial charge in [0.2, 0.25) is 11.6 Å². The Balaban J connectivity index is 2.04. The number of oxazole rings is 1. The van der Waals surface area contributed by atoms with E-state index in [1.807, 2.05) is 18.2 Å².